The van der Waals surface area contributed by atoms with Crippen LogP contribution < -0.4 is 4.74 Å². The van der Waals surface area contributed by atoms with Gasteiger partial charge in [-0.3, -0.25) is 9.59 Å². The average Bonchev–Trinajstić information content (AvgIpc) is 3.45. The highest BCUT2D eigenvalue weighted by molar-refractivity contribution is 6.46. The molecule has 1 unspecified atom stereocenters. The summed E-state index contributed by atoms with van der Waals surface area (Å²) in [6, 6.07) is 15.3. The molecule has 2 aromatic carbocycles. The van der Waals surface area contributed by atoms with E-state index in [4.69, 9.17) is 20.8 Å². The molecule has 33 heavy (non-hydrogen) atoms. The monoisotopic (exact) mass is 463 g/mol. The summed E-state index contributed by atoms with van der Waals surface area (Å²) >= 11 is 5.97. The molecule has 1 fully saturated rings. The Labute approximate surface area is 196 Å². The van der Waals surface area contributed by atoms with Crippen molar-refractivity contribution < 1.29 is 23.8 Å². The van der Waals surface area contributed by atoms with Gasteiger partial charge in [-0.15, -0.1) is 0 Å². The van der Waals surface area contributed by atoms with Gasteiger partial charge in [-0.1, -0.05) is 23.7 Å². The number of ether oxygens (including phenoxy) is 1. The van der Waals surface area contributed by atoms with Crippen LogP contribution in [0.5, 0.6) is 5.75 Å². The van der Waals surface area contributed by atoms with Gasteiger partial charge in [-0.2, -0.15) is 0 Å². The zero-order chi connectivity index (χ0) is 22.9. The zero-order valence-electron chi connectivity index (χ0n) is 17.8. The molecule has 3 aromatic rings. The molecule has 1 atom stereocenters. The number of rotatable bonds is 5. The Morgan fingerprint density at radius 3 is 2.70 bits per heavy atom. The van der Waals surface area contributed by atoms with Crippen LogP contribution in [0, 0.1) is 0 Å². The van der Waals surface area contributed by atoms with Gasteiger partial charge in [-0.25, -0.2) is 0 Å². The highest BCUT2D eigenvalue weighted by Crippen LogP contribution is 2.40. The molecule has 3 heterocycles. The number of fused-ring (bicyclic) bond motifs is 1. The van der Waals surface area contributed by atoms with Crippen molar-refractivity contribution in [3.8, 4) is 5.75 Å². The summed E-state index contributed by atoms with van der Waals surface area (Å²) in [5, 5.41) is 11.8. The summed E-state index contributed by atoms with van der Waals surface area (Å²) in [6.45, 7) is 0.946. The van der Waals surface area contributed by atoms with E-state index in [2.05, 4.69) is 0 Å². The van der Waals surface area contributed by atoms with E-state index in [1.807, 2.05) is 18.2 Å². The number of Topliss-reactive ketones (excluding diaryl/α,β-unsaturated/α-hetero) is 1. The van der Waals surface area contributed by atoms with E-state index < -0.39 is 17.7 Å². The average molecular weight is 464 g/mol. The molecule has 5 rings (SSSR count). The van der Waals surface area contributed by atoms with Crippen LogP contribution in [0.25, 0.3) is 5.76 Å². The highest BCUT2D eigenvalue weighted by atomic mass is 35.5. The first kappa shape index (κ1) is 21.3. The van der Waals surface area contributed by atoms with Gasteiger partial charge in [0.15, 0.2) is 0 Å². The Morgan fingerprint density at radius 2 is 1.94 bits per heavy atom. The molecule has 0 saturated carbocycles. The molecule has 1 aromatic heterocycles. The molecular formula is C26H22ClNO5. The molecular weight excluding hydrogens is 442 g/mol. The Bertz CT molecular complexity index is 1230. The lowest BCUT2D eigenvalue weighted by Gasteiger charge is -2.23. The second kappa shape index (κ2) is 8.79. The number of likely N-dealkylation sites (tertiary alicyclic amines) is 1. The summed E-state index contributed by atoms with van der Waals surface area (Å²) in [5.74, 6) is -0.388. The minimum Gasteiger partial charge on any atom is -0.507 e. The molecule has 0 aliphatic carbocycles. The molecule has 168 valence electrons. The van der Waals surface area contributed by atoms with Crippen LogP contribution >= 0.6 is 11.6 Å². The minimum atomic E-state index is -0.806. The van der Waals surface area contributed by atoms with Crippen molar-refractivity contribution in [2.75, 3.05) is 13.2 Å². The van der Waals surface area contributed by atoms with Gasteiger partial charge >= 0.3 is 0 Å². The van der Waals surface area contributed by atoms with E-state index in [1.54, 1.807) is 36.4 Å². The number of aliphatic hydroxyl groups is 1. The summed E-state index contributed by atoms with van der Waals surface area (Å²) in [6.07, 6.45) is 3.73. The molecule has 0 radical (unpaired) electrons. The SMILES string of the molecule is O=C1C(=O)N(CCc2ccc(Cl)cc2)C(c2ccco2)/C1=C(/O)c1ccc2c(c1)CCCO2. The lowest BCUT2D eigenvalue weighted by molar-refractivity contribution is -0.140. The standard InChI is InChI=1S/C26H22ClNO5/c27-19-8-5-16(6-9-19)11-12-28-23(21-4-2-14-33-21)22(25(30)26(28)31)24(29)18-7-10-20-17(15-18)3-1-13-32-20/h2,4-10,14-15,23,29H,1,3,11-13H2/b24-22-. The van der Waals surface area contributed by atoms with Crippen molar-refractivity contribution in [2.45, 2.75) is 25.3 Å². The number of benzene rings is 2. The largest absolute Gasteiger partial charge is 0.507 e. The van der Waals surface area contributed by atoms with Gasteiger partial charge in [0.25, 0.3) is 11.7 Å². The Hall–Kier alpha value is -3.51. The number of hydrogen-bond donors (Lipinski definition) is 1. The summed E-state index contributed by atoms with van der Waals surface area (Å²) in [7, 11) is 0. The Balaban J connectivity index is 1.52. The molecule has 2 aliphatic heterocycles. The summed E-state index contributed by atoms with van der Waals surface area (Å²) in [4.78, 5) is 27.6. The van der Waals surface area contributed by atoms with Crippen LogP contribution in [0.2, 0.25) is 5.02 Å². The van der Waals surface area contributed by atoms with E-state index in [-0.39, 0.29) is 17.9 Å². The second-order valence-electron chi connectivity index (χ2n) is 8.16. The quantitative estimate of drug-likeness (QED) is 0.330. The number of carbonyl (C=O) groups excluding carboxylic acids is 2. The van der Waals surface area contributed by atoms with E-state index >= 15 is 0 Å². The van der Waals surface area contributed by atoms with Crippen LogP contribution in [0.15, 0.2) is 70.9 Å². The van der Waals surface area contributed by atoms with E-state index in [1.165, 1.54) is 11.2 Å². The first-order chi connectivity index (χ1) is 16.0. The molecule has 7 heteroatoms. The molecule has 1 amide bonds. The first-order valence-electron chi connectivity index (χ1n) is 10.9. The highest BCUT2D eigenvalue weighted by Gasteiger charge is 2.47. The number of halogens is 1. The van der Waals surface area contributed by atoms with Crippen molar-refractivity contribution in [3.63, 3.8) is 0 Å². The topological polar surface area (TPSA) is 80.0 Å². The molecule has 0 spiro atoms. The molecule has 1 N–H and O–H groups in total. The number of carbonyl (C=O) groups is 2. The van der Waals surface area contributed by atoms with Gasteiger partial charge in [-0.05, 0) is 72.9 Å². The zero-order valence-corrected chi connectivity index (χ0v) is 18.5. The van der Waals surface area contributed by atoms with Crippen LogP contribution in [0.4, 0.5) is 0 Å². The lowest BCUT2D eigenvalue weighted by Crippen LogP contribution is -2.31. The maximum Gasteiger partial charge on any atom is 0.295 e. The third kappa shape index (κ3) is 4.02. The van der Waals surface area contributed by atoms with Crippen LogP contribution in [-0.2, 0) is 22.4 Å². The van der Waals surface area contributed by atoms with E-state index in [0.717, 1.165) is 29.7 Å². The third-order valence-electron chi connectivity index (χ3n) is 6.09. The second-order valence-corrected chi connectivity index (χ2v) is 8.60. The van der Waals surface area contributed by atoms with Crippen LogP contribution in [0.1, 0.15) is 34.9 Å². The van der Waals surface area contributed by atoms with Gasteiger partial charge < -0.3 is 19.2 Å². The number of ketones is 1. The summed E-state index contributed by atoms with van der Waals surface area (Å²) in [5.41, 5.74) is 2.46. The number of furan rings is 1. The molecule has 1 saturated heterocycles. The van der Waals surface area contributed by atoms with Gasteiger partial charge in [0.2, 0.25) is 0 Å². The van der Waals surface area contributed by atoms with Crippen LogP contribution in [-0.4, -0.2) is 34.8 Å². The third-order valence-corrected chi connectivity index (χ3v) is 6.34. The van der Waals surface area contributed by atoms with Crippen molar-refractivity contribution in [1.29, 1.82) is 0 Å². The Morgan fingerprint density at radius 1 is 1.12 bits per heavy atom. The molecule has 2 aliphatic rings. The van der Waals surface area contributed by atoms with E-state index in [9.17, 15) is 14.7 Å². The Kier molecular flexibility index (Phi) is 5.68. The fraction of sp³-hybridized carbons (Fsp3) is 0.231. The van der Waals surface area contributed by atoms with Crippen molar-refractivity contribution in [3.05, 3.63) is 93.9 Å². The van der Waals surface area contributed by atoms with Gasteiger partial charge in [0.05, 0.1) is 18.4 Å². The maximum absolute atomic E-state index is 13.1. The van der Waals surface area contributed by atoms with Crippen molar-refractivity contribution >= 4 is 29.1 Å². The number of amides is 1. The van der Waals surface area contributed by atoms with Crippen molar-refractivity contribution in [1.82, 2.24) is 4.90 Å². The normalized spacial score (nSPS) is 19.4. The number of nitrogens with zero attached hydrogens (tertiary/aromatic N) is 1. The molecule has 0 bridgehead atoms. The fourth-order valence-corrected chi connectivity index (χ4v) is 4.54. The first-order valence-corrected chi connectivity index (χ1v) is 11.2. The predicted octanol–water partition coefficient (Wildman–Crippen LogP) is 4.92. The lowest BCUT2D eigenvalue weighted by atomic mass is 9.96. The fourth-order valence-electron chi connectivity index (χ4n) is 4.42. The van der Waals surface area contributed by atoms with E-state index in [0.29, 0.717) is 29.4 Å². The van der Waals surface area contributed by atoms with Crippen molar-refractivity contribution in [2.24, 2.45) is 0 Å². The van der Waals surface area contributed by atoms with Gasteiger partial charge in [0.1, 0.15) is 23.3 Å². The van der Waals surface area contributed by atoms with Gasteiger partial charge in [0, 0.05) is 17.1 Å². The smallest absolute Gasteiger partial charge is 0.295 e. The number of hydrogen-bond acceptors (Lipinski definition) is 5. The summed E-state index contributed by atoms with van der Waals surface area (Å²) < 4.78 is 11.2. The molecule has 6 nitrogen and oxygen atoms in total. The number of aliphatic hydroxyl groups excluding tert-OH is 1. The number of aryl methyl sites for hydroxylation is 1. The predicted molar refractivity (Wildman–Crippen MR) is 123 cm³/mol. The van der Waals surface area contributed by atoms with Crippen LogP contribution in [0.3, 0.4) is 0 Å². The minimum absolute atomic E-state index is 0.0303. The maximum atomic E-state index is 13.1.